The first-order valence-electron chi connectivity index (χ1n) is 3.57. The summed E-state index contributed by atoms with van der Waals surface area (Å²) in [6.45, 7) is 0.900. The number of methoxy groups -OCH3 is 2. The molecule has 0 amide bonds. The summed E-state index contributed by atoms with van der Waals surface area (Å²) in [6.07, 6.45) is 0. The van der Waals surface area contributed by atoms with Gasteiger partial charge < -0.3 is 9.47 Å². The maximum Gasteiger partial charge on any atom is 0.213 e. The summed E-state index contributed by atoms with van der Waals surface area (Å²) in [4.78, 5) is 0. The zero-order valence-corrected chi connectivity index (χ0v) is 8.19. The normalized spacial score (nSPS) is 11.8. The third kappa shape index (κ3) is 6.53. The number of rotatable bonds is 7. The monoisotopic (exact) mass is 197 g/mol. The van der Waals surface area contributed by atoms with E-state index in [0.717, 1.165) is 0 Å². The van der Waals surface area contributed by atoms with Gasteiger partial charge in [0, 0.05) is 20.8 Å². The highest BCUT2D eigenvalue weighted by Gasteiger charge is 2.07. The van der Waals surface area contributed by atoms with E-state index < -0.39 is 10.0 Å². The molecule has 12 heavy (non-hydrogen) atoms. The van der Waals surface area contributed by atoms with Gasteiger partial charge in [0.2, 0.25) is 10.0 Å². The van der Waals surface area contributed by atoms with E-state index in [4.69, 9.17) is 0 Å². The number of hydrogen-bond acceptors (Lipinski definition) is 4. The number of nitrogens with one attached hydrogen (secondary N) is 1. The van der Waals surface area contributed by atoms with E-state index in [9.17, 15) is 8.42 Å². The lowest BCUT2D eigenvalue weighted by Gasteiger charge is -2.04. The van der Waals surface area contributed by atoms with E-state index in [1.165, 1.54) is 14.2 Å². The van der Waals surface area contributed by atoms with Crippen LogP contribution in [0.5, 0.6) is 0 Å². The number of hydrogen-bond donors (Lipinski definition) is 1. The van der Waals surface area contributed by atoms with E-state index in [1.807, 2.05) is 0 Å². The molecule has 74 valence electrons. The topological polar surface area (TPSA) is 64.6 Å². The lowest BCUT2D eigenvalue weighted by atomic mass is 10.7. The first-order chi connectivity index (χ1) is 5.62. The van der Waals surface area contributed by atoms with Crippen LogP contribution < -0.4 is 4.72 Å². The minimum atomic E-state index is -3.17. The molecule has 0 heterocycles. The van der Waals surface area contributed by atoms with E-state index in [2.05, 4.69) is 14.2 Å². The Morgan fingerprint density at radius 1 is 1.17 bits per heavy atom. The van der Waals surface area contributed by atoms with Crippen molar-refractivity contribution in [2.24, 2.45) is 0 Å². The quantitative estimate of drug-likeness (QED) is 0.543. The molecule has 0 aliphatic heterocycles. The van der Waals surface area contributed by atoms with Gasteiger partial charge in [0.1, 0.15) is 0 Å². The molecule has 0 rings (SSSR count). The first kappa shape index (κ1) is 11.8. The van der Waals surface area contributed by atoms with Gasteiger partial charge in [0.15, 0.2) is 0 Å². The molecular weight excluding hydrogens is 182 g/mol. The van der Waals surface area contributed by atoms with Crippen molar-refractivity contribution in [1.82, 2.24) is 4.72 Å². The van der Waals surface area contributed by atoms with Crippen LogP contribution in [0, 0.1) is 0 Å². The Morgan fingerprint density at radius 2 is 1.75 bits per heavy atom. The first-order valence-corrected chi connectivity index (χ1v) is 5.23. The maximum absolute atomic E-state index is 11.0. The van der Waals surface area contributed by atoms with Gasteiger partial charge in [0.25, 0.3) is 0 Å². The molecule has 0 fully saturated rings. The third-order valence-corrected chi connectivity index (χ3v) is 2.53. The SMILES string of the molecule is COCCNS(=O)(=O)CCOC. The Morgan fingerprint density at radius 3 is 2.25 bits per heavy atom. The average molecular weight is 197 g/mol. The Kier molecular flexibility index (Phi) is 6.27. The molecule has 0 radical (unpaired) electrons. The lowest BCUT2D eigenvalue weighted by molar-refractivity contribution is 0.203. The molecule has 1 N–H and O–H groups in total. The van der Waals surface area contributed by atoms with Crippen LogP contribution >= 0.6 is 0 Å². The largest absolute Gasteiger partial charge is 0.384 e. The molecule has 6 heteroatoms. The average Bonchev–Trinajstić information content (AvgIpc) is 2.01. The number of sulfonamides is 1. The molecule has 0 saturated carbocycles. The highest BCUT2D eigenvalue weighted by atomic mass is 32.2. The van der Waals surface area contributed by atoms with E-state index in [-0.39, 0.29) is 12.4 Å². The van der Waals surface area contributed by atoms with Crippen molar-refractivity contribution in [2.75, 3.05) is 39.7 Å². The summed E-state index contributed by atoms with van der Waals surface area (Å²) in [6, 6.07) is 0. The fraction of sp³-hybridized carbons (Fsp3) is 1.00. The molecule has 5 nitrogen and oxygen atoms in total. The van der Waals surface area contributed by atoms with Gasteiger partial charge in [-0.3, -0.25) is 0 Å². The second-order valence-electron chi connectivity index (χ2n) is 2.20. The molecule has 0 unspecified atom stereocenters. The van der Waals surface area contributed by atoms with Crippen molar-refractivity contribution < 1.29 is 17.9 Å². The molecule has 0 aromatic rings. The summed E-state index contributed by atoms with van der Waals surface area (Å²) in [7, 11) is -0.191. The summed E-state index contributed by atoms with van der Waals surface area (Å²) >= 11 is 0. The summed E-state index contributed by atoms with van der Waals surface area (Å²) in [5.74, 6) is -0.00673. The van der Waals surface area contributed by atoms with Crippen LogP contribution in [-0.4, -0.2) is 48.1 Å². The maximum atomic E-state index is 11.0. The van der Waals surface area contributed by atoms with Crippen molar-refractivity contribution >= 4 is 10.0 Å². The zero-order chi connectivity index (χ0) is 9.45. The van der Waals surface area contributed by atoms with Crippen LogP contribution in [0.4, 0.5) is 0 Å². The Labute approximate surface area is 73.1 Å². The van der Waals surface area contributed by atoms with E-state index in [1.54, 1.807) is 0 Å². The molecule has 0 saturated heterocycles. The van der Waals surface area contributed by atoms with Gasteiger partial charge in [-0.05, 0) is 0 Å². The predicted molar refractivity (Wildman–Crippen MR) is 45.5 cm³/mol. The molecule has 0 aliphatic rings. The molecule has 0 aromatic heterocycles. The van der Waals surface area contributed by atoms with E-state index >= 15 is 0 Å². The number of ether oxygens (including phenoxy) is 2. The lowest BCUT2D eigenvalue weighted by Crippen LogP contribution is -2.30. The summed E-state index contributed by atoms with van der Waals surface area (Å²) in [5, 5.41) is 0. The predicted octanol–water partition coefficient (Wildman–Crippen LogP) is -0.801. The van der Waals surface area contributed by atoms with Crippen LogP contribution in [-0.2, 0) is 19.5 Å². The van der Waals surface area contributed by atoms with Crippen LogP contribution in [0.25, 0.3) is 0 Å². The smallest absolute Gasteiger partial charge is 0.213 e. The van der Waals surface area contributed by atoms with Gasteiger partial charge in [-0.15, -0.1) is 0 Å². The third-order valence-electron chi connectivity index (χ3n) is 1.18. The van der Waals surface area contributed by atoms with Crippen LogP contribution in [0.15, 0.2) is 0 Å². The minimum Gasteiger partial charge on any atom is -0.384 e. The Balaban J connectivity index is 3.58. The van der Waals surface area contributed by atoms with Crippen LogP contribution in [0.2, 0.25) is 0 Å². The minimum absolute atomic E-state index is 0.00673. The Hall–Kier alpha value is -0.170. The zero-order valence-electron chi connectivity index (χ0n) is 7.37. The fourth-order valence-electron chi connectivity index (χ4n) is 0.564. The molecule has 0 bridgehead atoms. The molecular formula is C6H15NO4S. The van der Waals surface area contributed by atoms with Gasteiger partial charge in [0.05, 0.1) is 19.0 Å². The summed E-state index contributed by atoms with van der Waals surface area (Å²) < 4.78 is 33.7. The molecule has 0 aromatic carbocycles. The van der Waals surface area contributed by atoms with Gasteiger partial charge in [-0.2, -0.15) is 0 Å². The second kappa shape index (κ2) is 6.36. The molecule has 0 aliphatic carbocycles. The summed E-state index contributed by atoms with van der Waals surface area (Å²) in [5.41, 5.74) is 0. The van der Waals surface area contributed by atoms with Crippen molar-refractivity contribution in [1.29, 1.82) is 0 Å². The second-order valence-corrected chi connectivity index (χ2v) is 4.13. The Bertz CT molecular complexity index is 190. The van der Waals surface area contributed by atoms with Crippen LogP contribution in [0.3, 0.4) is 0 Å². The standard InChI is InChI=1S/C6H15NO4S/c1-10-4-3-7-12(8,9)6-5-11-2/h7H,3-6H2,1-2H3. The van der Waals surface area contributed by atoms with Crippen LogP contribution in [0.1, 0.15) is 0 Å². The van der Waals surface area contributed by atoms with Crippen molar-refractivity contribution in [3.8, 4) is 0 Å². The van der Waals surface area contributed by atoms with Gasteiger partial charge >= 0.3 is 0 Å². The van der Waals surface area contributed by atoms with Crippen molar-refractivity contribution in [3.05, 3.63) is 0 Å². The highest BCUT2D eigenvalue weighted by molar-refractivity contribution is 7.89. The fourth-order valence-corrected chi connectivity index (χ4v) is 1.49. The van der Waals surface area contributed by atoms with E-state index in [0.29, 0.717) is 13.2 Å². The highest BCUT2D eigenvalue weighted by Crippen LogP contribution is 1.83. The molecule has 0 spiro atoms. The van der Waals surface area contributed by atoms with Gasteiger partial charge in [-0.1, -0.05) is 0 Å². The van der Waals surface area contributed by atoms with Crippen molar-refractivity contribution in [3.63, 3.8) is 0 Å². The van der Waals surface area contributed by atoms with Crippen molar-refractivity contribution in [2.45, 2.75) is 0 Å². The van der Waals surface area contributed by atoms with Gasteiger partial charge in [-0.25, -0.2) is 13.1 Å². The molecule has 0 atom stereocenters.